The van der Waals surface area contributed by atoms with Crippen molar-refractivity contribution < 1.29 is 0 Å². The normalized spacial score (nSPS) is 8.27. The molecule has 0 radical (unpaired) electrons. The molecule has 4 N–H and O–H groups in total. The van der Waals surface area contributed by atoms with E-state index in [4.69, 9.17) is 23.1 Å². The van der Waals surface area contributed by atoms with Crippen LogP contribution in [0.1, 0.15) is 13.8 Å². The van der Waals surface area contributed by atoms with E-state index >= 15 is 0 Å². The number of hydrogen-bond donors (Lipinski definition) is 2. The predicted octanol–water partition coefficient (Wildman–Crippen LogP) is 2.53. The Bertz CT molecular complexity index is 223. The largest absolute Gasteiger partial charge is 0.397 e. The van der Waals surface area contributed by atoms with Crippen LogP contribution in [0, 0.1) is 0 Å². The highest BCUT2D eigenvalue weighted by atomic mass is 35.5. The van der Waals surface area contributed by atoms with Gasteiger partial charge in [-0.2, -0.15) is 0 Å². The smallest absolute Gasteiger partial charge is 0.0562 e. The van der Waals surface area contributed by atoms with Gasteiger partial charge in [-0.1, -0.05) is 25.4 Å². The monoisotopic (exact) mass is 172 g/mol. The summed E-state index contributed by atoms with van der Waals surface area (Å²) in [6.45, 7) is 4.00. The highest BCUT2D eigenvalue weighted by Gasteiger charge is 1.91. The molecule has 1 aromatic carbocycles. The molecule has 0 amide bonds. The predicted molar refractivity (Wildman–Crippen MR) is 51.6 cm³/mol. The van der Waals surface area contributed by atoms with Crippen molar-refractivity contribution in [3.63, 3.8) is 0 Å². The number of benzene rings is 1. The average molecular weight is 173 g/mol. The zero-order valence-electron chi connectivity index (χ0n) is 6.76. The van der Waals surface area contributed by atoms with Crippen molar-refractivity contribution in [3.8, 4) is 0 Å². The second kappa shape index (κ2) is 4.85. The third kappa shape index (κ3) is 3.14. The van der Waals surface area contributed by atoms with Crippen LogP contribution >= 0.6 is 11.6 Å². The average Bonchev–Trinajstić information content (AvgIpc) is 2.02. The zero-order valence-corrected chi connectivity index (χ0v) is 7.52. The fraction of sp³-hybridized carbons (Fsp3) is 0.250. The molecule has 1 aromatic rings. The van der Waals surface area contributed by atoms with Crippen LogP contribution in [-0.2, 0) is 0 Å². The molecular weight excluding hydrogens is 160 g/mol. The summed E-state index contributed by atoms with van der Waals surface area (Å²) in [5, 5.41) is 0.613. The Morgan fingerprint density at radius 1 is 1.09 bits per heavy atom. The van der Waals surface area contributed by atoms with Crippen molar-refractivity contribution in [2.75, 3.05) is 11.5 Å². The summed E-state index contributed by atoms with van der Waals surface area (Å²) in [5.74, 6) is 0. The van der Waals surface area contributed by atoms with Gasteiger partial charge in [0, 0.05) is 5.02 Å². The van der Waals surface area contributed by atoms with Gasteiger partial charge in [0.2, 0.25) is 0 Å². The van der Waals surface area contributed by atoms with Crippen molar-refractivity contribution >= 4 is 23.0 Å². The van der Waals surface area contributed by atoms with Gasteiger partial charge in [0.05, 0.1) is 11.4 Å². The van der Waals surface area contributed by atoms with Crippen LogP contribution in [0.2, 0.25) is 5.02 Å². The molecule has 0 aromatic heterocycles. The molecule has 0 atom stereocenters. The minimum absolute atomic E-state index is 0.530. The van der Waals surface area contributed by atoms with Gasteiger partial charge >= 0.3 is 0 Å². The van der Waals surface area contributed by atoms with Crippen LogP contribution in [0.3, 0.4) is 0 Å². The molecule has 0 heterocycles. The summed E-state index contributed by atoms with van der Waals surface area (Å²) in [7, 11) is 0. The first kappa shape index (κ1) is 10.1. The number of halogens is 1. The molecule has 3 heteroatoms. The maximum absolute atomic E-state index is 5.58. The van der Waals surface area contributed by atoms with Crippen molar-refractivity contribution in [1.29, 1.82) is 0 Å². The Labute approximate surface area is 72.2 Å². The first-order valence-corrected chi connectivity index (χ1v) is 3.88. The topological polar surface area (TPSA) is 52.0 Å². The molecule has 0 bridgehead atoms. The van der Waals surface area contributed by atoms with E-state index in [1.165, 1.54) is 0 Å². The van der Waals surface area contributed by atoms with Gasteiger partial charge in [-0.25, -0.2) is 0 Å². The molecule has 0 fully saturated rings. The molecule has 11 heavy (non-hydrogen) atoms. The Balaban J connectivity index is 0.000000461. The van der Waals surface area contributed by atoms with Gasteiger partial charge < -0.3 is 11.5 Å². The minimum Gasteiger partial charge on any atom is -0.397 e. The van der Waals surface area contributed by atoms with Gasteiger partial charge in [-0.3, -0.25) is 0 Å². The van der Waals surface area contributed by atoms with E-state index in [0.29, 0.717) is 16.4 Å². The minimum atomic E-state index is 0.530. The fourth-order valence-electron chi connectivity index (χ4n) is 0.546. The highest BCUT2D eigenvalue weighted by Crippen LogP contribution is 2.18. The van der Waals surface area contributed by atoms with Gasteiger partial charge in [-0.15, -0.1) is 0 Å². The number of anilines is 2. The summed E-state index contributed by atoms with van der Waals surface area (Å²) in [4.78, 5) is 0. The summed E-state index contributed by atoms with van der Waals surface area (Å²) >= 11 is 5.58. The van der Waals surface area contributed by atoms with E-state index in [2.05, 4.69) is 0 Å². The molecule has 62 valence electrons. The van der Waals surface area contributed by atoms with Gasteiger partial charge in [0.15, 0.2) is 0 Å². The van der Waals surface area contributed by atoms with Crippen LogP contribution < -0.4 is 11.5 Å². The van der Waals surface area contributed by atoms with Crippen LogP contribution in [-0.4, -0.2) is 0 Å². The Morgan fingerprint density at radius 2 is 1.64 bits per heavy atom. The lowest BCUT2D eigenvalue weighted by Crippen LogP contribution is -1.92. The molecule has 1 rings (SSSR count). The molecule has 0 saturated carbocycles. The molecule has 2 nitrogen and oxygen atoms in total. The molecular formula is C8H13ClN2. The van der Waals surface area contributed by atoms with Gasteiger partial charge in [0.25, 0.3) is 0 Å². The van der Waals surface area contributed by atoms with E-state index in [9.17, 15) is 0 Å². The zero-order chi connectivity index (χ0) is 8.85. The molecule has 0 saturated heterocycles. The van der Waals surface area contributed by atoms with Crippen molar-refractivity contribution in [1.82, 2.24) is 0 Å². The molecule has 0 aliphatic heterocycles. The van der Waals surface area contributed by atoms with Crippen LogP contribution in [0.15, 0.2) is 18.2 Å². The van der Waals surface area contributed by atoms with E-state index in [0.717, 1.165) is 0 Å². The SMILES string of the molecule is CC.Nc1ccc(Cl)cc1N. The second-order valence-electron chi connectivity index (χ2n) is 1.77. The van der Waals surface area contributed by atoms with Gasteiger partial charge in [0.1, 0.15) is 0 Å². The number of rotatable bonds is 0. The Kier molecular flexibility index (Phi) is 4.46. The summed E-state index contributed by atoms with van der Waals surface area (Å²) < 4.78 is 0. The van der Waals surface area contributed by atoms with Gasteiger partial charge in [-0.05, 0) is 18.2 Å². The Hall–Kier alpha value is -0.890. The number of hydrogen-bond acceptors (Lipinski definition) is 2. The summed E-state index contributed by atoms with van der Waals surface area (Å²) in [6, 6.07) is 5.00. The lowest BCUT2D eigenvalue weighted by atomic mass is 10.3. The van der Waals surface area contributed by atoms with E-state index in [-0.39, 0.29) is 0 Å². The lowest BCUT2D eigenvalue weighted by Gasteiger charge is -1.97. The summed E-state index contributed by atoms with van der Waals surface area (Å²) in [5.41, 5.74) is 11.9. The third-order valence-electron chi connectivity index (χ3n) is 1.05. The quantitative estimate of drug-likeness (QED) is 0.591. The molecule has 0 aliphatic carbocycles. The van der Waals surface area contributed by atoms with Crippen molar-refractivity contribution in [3.05, 3.63) is 23.2 Å². The first-order valence-electron chi connectivity index (χ1n) is 3.50. The standard InChI is InChI=1S/C6H7ClN2.C2H6/c7-4-1-2-5(8)6(9)3-4;1-2/h1-3H,8-9H2;1-2H3. The van der Waals surface area contributed by atoms with E-state index in [1.54, 1.807) is 18.2 Å². The second-order valence-corrected chi connectivity index (χ2v) is 2.21. The van der Waals surface area contributed by atoms with E-state index < -0.39 is 0 Å². The van der Waals surface area contributed by atoms with Crippen LogP contribution in [0.25, 0.3) is 0 Å². The maximum Gasteiger partial charge on any atom is 0.0562 e. The summed E-state index contributed by atoms with van der Waals surface area (Å²) in [6.07, 6.45) is 0. The fourth-order valence-corrected chi connectivity index (χ4v) is 0.726. The third-order valence-corrected chi connectivity index (χ3v) is 1.28. The van der Waals surface area contributed by atoms with Crippen molar-refractivity contribution in [2.45, 2.75) is 13.8 Å². The molecule has 0 spiro atoms. The number of nitrogens with two attached hydrogens (primary N) is 2. The van der Waals surface area contributed by atoms with E-state index in [1.807, 2.05) is 13.8 Å². The van der Waals surface area contributed by atoms with Crippen LogP contribution in [0.4, 0.5) is 11.4 Å². The lowest BCUT2D eigenvalue weighted by molar-refractivity contribution is 1.50. The first-order chi connectivity index (χ1) is 5.20. The maximum atomic E-state index is 5.58. The highest BCUT2D eigenvalue weighted by molar-refractivity contribution is 6.31. The molecule has 0 aliphatic rings. The molecule has 0 unspecified atom stereocenters. The van der Waals surface area contributed by atoms with Crippen molar-refractivity contribution in [2.24, 2.45) is 0 Å². The van der Waals surface area contributed by atoms with Crippen LogP contribution in [0.5, 0.6) is 0 Å². The number of nitrogen functional groups attached to an aromatic ring is 2. The Morgan fingerprint density at radius 3 is 2.00 bits per heavy atom.